The highest BCUT2D eigenvalue weighted by Gasteiger charge is 2.49. The summed E-state index contributed by atoms with van der Waals surface area (Å²) < 4.78 is 47.5. The van der Waals surface area contributed by atoms with Gasteiger partial charge >= 0.3 is 5.92 Å². The van der Waals surface area contributed by atoms with E-state index in [0.29, 0.717) is 6.29 Å². The van der Waals surface area contributed by atoms with Crippen molar-refractivity contribution < 1.29 is 22.7 Å². The Kier molecular flexibility index (Phi) is 4.68. The van der Waals surface area contributed by atoms with Crippen LogP contribution in [0.3, 0.4) is 0 Å². The third kappa shape index (κ3) is 2.96. The molecule has 21 heavy (non-hydrogen) atoms. The topological polar surface area (TPSA) is 26.3 Å². The summed E-state index contributed by atoms with van der Waals surface area (Å²) >= 11 is 3.06. The summed E-state index contributed by atoms with van der Waals surface area (Å²) in [6.07, 6.45) is 0.0155. The minimum Gasteiger partial charge on any atom is -0.367 e. The zero-order valence-electron chi connectivity index (χ0n) is 11.1. The van der Waals surface area contributed by atoms with Crippen LogP contribution in [0, 0.1) is 5.82 Å². The maximum Gasteiger partial charge on any atom is 0.304 e. The third-order valence-electron chi connectivity index (χ3n) is 3.10. The van der Waals surface area contributed by atoms with Crippen LogP contribution in [0.15, 0.2) is 40.4 Å². The fraction of sp³-hybridized carbons (Fsp3) is 0.267. The summed E-state index contributed by atoms with van der Waals surface area (Å²) in [5, 5.41) is 0. The number of hydrogen-bond acceptors (Lipinski definition) is 2. The number of allylic oxidation sites excluding steroid dienone is 2. The van der Waals surface area contributed by atoms with Gasteiger partial charge in [0, 0.05) is 22.2 Å². The lowest BCUT2D eigenvalue weighted by atomic mass is 9.87. The SMILES string of the molecule is CCOC1C(C=O)=CC(Br)=C(c2ccc(F)cc2)C1(F)F. The average Bonchev–Trinajstić information content (AvgIpc) is 2.43. The van der Waals surface area contributed by atoms with E-state index in [-0.39, 0.29) is 27.8 Å². The lowest BCUT2D eigenvalue weighted by Gasteiger charge is -2.33. The number of halogens is 4. The van der Waals surface area contributed by atoms with Gasteiger partial charge in [-0.1, -0.05) is 28.1 Å². The Hall–Kier alpha value is -1.40. The second-order valence-electron chi connectivity index (χ2n) is 4.45. The number of hydrogen-bond donors (Lipinski definition) is 0. The number of aldehydes is 1. The number of carbonyl (C=O) groups excluding carboxylic acids is 1. The quantitative estimate of drug-likeness (QED) is 0.755. The number of ether oxygens (including phenoxy) is 1. The standard InChI is InChI=1S/C15H12BrF3O2/c1-2-21-14-10(8-20)7-12(16)13(15(14,18)19)9-3-5-11(17)6-4-9/h3-8,14H,2H2,1H3. The molecule has 0 radical (unpaired) electrons. The van der Waals surface area contributed by atoms with E-state index in [1.54, 1.807) is 6.92 Å². The molecule has 112 valence electrons. The van der Waals surface area contributed by atoms with Crippen molar-refractivity contribution in [3.05, 3.63) is 51.8 Å². The first kappa shape index (κ1) is 16.0. The molecule has 0 aliphatic heterocycles. The Balaban J connectivity index is 2.58. The predicted molar refractivity (Wildman–Crippen MR) is 76.8 cm³/mol. The number of alkyl halides is 2. The van der Waals surface area contributed by atoms with Crippen LogP contribution < -0.4 is 0 Å². The van der Waals surface area contributed by atoms with Crippen molar-refractivity contribution in [1.82, 2.24) is 0 Å². The summed E-state index contributed by atoms with van der Waals surface area (Å²) in [5.41, 5.74) is -0.301. The second-order valence-corrected chi connectivity index (χ2v) is 5.30. The van der Waals surface area contributed by atoms with Gasteiger partial charge < -0.3 is 4.74 Å². The minimum atomic E-state index is -3.41. The lowest BCUT2D eigenvalue weighted by molar-refractivity contribution is -0.112. The minimum absolute atomic E-state index is 0.0414. The predicted octanol–water partition coefficient (Wildman–Crippen LogP) is 4.11. The van der Waals surface area contributed by atoms with Gasteiger partial charge in [-0.05, 0) is 30.7 Å². The molecule has 0 amide bonds. The van der Waals surface area contributed by atoms with Crippen molar-refractivity contribution >= 4 is 27.8 Å². The first-order valence-corrected chi connectivity index (χ1v) is 7.03. The van der Waals surface area contributed by atoms with Crippen LogP contribution in [0.25, 0.3) is 5.57 Å². The Morgan fingerprint density at radius 3 is 2.48 bits per heavy atom. The maximum absolute atomic E-state index is 14.7. The highest BCUT2D eigenvalue weighted by molar-refractivity contribution is 9.12. The van der Waals surface area contributed by atoms with Gasteiger partial charge in [-0.15, -0.1) is 0 Å². The summed E-state index contributed by atoms with van der Waals surface area (Å²) in [4.78, 5) is 11.0. The van der Waals surface area contributed by atoms with E-state index in [2.05, 4.69) is 15.9 Å². The van der Waals surface area contributed by atoms with Gasteiger partial charge in [-0.2, -0.15) is 8.78 Å². The van der Waals surface area contributed by atoms with E-state index < -0.39 is 17.8 Å². The molecule has 1 aromatic rings. The van der Waals surface area contributed by atoms with E-state index in [9.17, 15) is 18.0 Å². The molecule has 0 aromatic heterocycles. The molecule has 0 saturated heterocycles. The summed E-state index contributed by atoms with van der Waals surface area (Å²) in [6, 6.07) is 4.74. The second kappa shape index (κ2) is 6.15. The van der Waals surface area contributed by atoms with Crippen molar-refractivity contribution in [3.8, 4) is 0 Å². The Labute approximate surface area is 128 Å². The molecule has 0 fully saturated rings. The molecule has 1 aliphatic rings. The van der Waals surface area contributed by atoms with Crippen LogP contribution in [0.1, 0.15) is 12.5 Å². The van der Waals surface area contributed by atoms with Crippen LogP contribution in [0.4, 0.5) is 13.2 Å². The molecule has 0 spiro atoms. The smallest absolute Gasteiger partial charge is 0.304 e. The fourth-order valence-electron chi connectivity index (χ4n) is 2.20. The Morgan fingerprint density at radius 2 is 1.95 bits per heavy atom. The van der Waals surface area contributed by atoms with Crippen molar-refractivity contribution in [2.24, 2.45) is 0 Å². The molecule has 1 atom stereocenters. The van der Waals surface area contributed by atoms with Gasteiger partial charge in [-0.25, -0.2) is 4.39 Å². The van der Waals surface area contributed by atoms with Crippen LogP contribution in [-0.4, -0.2) is 24.9 Å². The van der Waals surface area contributed by atoms with Crippen molar-refractivity contribution in [1.29, 1.82) is 0 Å². The number of benzene rings is 1. The molecule has 1 aromatic carbocycles. The highest BCUT2D eigenvalue weighted by atomic mass is 79.9. The van der Waals surface area contributed by atoms with Gasteiger partial charge in [0.15, 0.2) is 6.10 Å². The molecule has 2 rings (SSSR count). The molecule has 0 bridgehead atoms. The lowest BCUT2D eigenvalue weighted by Crippen LogP contribution is -2.41. The van der Waals surface area contributed by atoms with Crippen LogP contribution in [0.2, 0.25) is 0 Å². The zero-order valence-corrected chi connectivity index (χ0v) is 12.7. The van der Waals surface area contributed by atoms with E-state index in [1.807, 2.05) is 0 Å². The Morgan fingerprint density at radius 1 is 1.33 bits per heavy atom. The average molecular weight is 361 g/mol. The molecule has 1 unspecified atom stereocenters. The van der Waals surface area contributed by atoms with Crippen molar-refractivity contribution in [2.45, 2.75) is 19.0 Å². The van der Waals surface area contributed by atoms with Crippen LogP contribution in [-0.2, 0) is 9.53 Å². The number of rotatable bonds is 4. The zero-order chi connectivity index (χ0) is 15.6. The van der Waals surface area contributed by atoms with Crippen LogP contribution in [0.5, 0.6) is 0 Å². The van der Waals surface area contributed by atoms with E-state index in [0.717, 1.165) is 12.1 Å². The molecule has 6 heteroatoms. The van der Waals surface area contributed by atoms with Crippen molar-refractivity contribution in [3.63, 3.8) is 0 Å². The maximum atomic E-state index is 14.7. The van der Waals surface area contributed by atoms with Gasteiger partial charge in [0.2, 0.25) is 0 Å². The number of carbonyl (C=O) groups is 1. The molecule has 1 aliphatic carbocycles. The molecule has 2 nitrogen and oxygen atoms in total. The molecule has 0 saturated carbocycles. The third-order valence-corrected chi connectivity index (χ3v) is 3.73. The van der Waals surface area contributed by atoms with Crippen molar-refractivity contribution in [2.75, 3.05) is 6.61 Å². The van der Waals surface area contributed by atoms with Gasteiger partial charge in [0.1, 0.15) is 12.1 Å². The highest BCUT2D eigenvalue weighted by Crippen LogP contribution is 2.46. The summed E-state index contributed by atoms with van der Waals surface area (Å²) in [5.74, 6) is -3.92. The van der Waals surface area contributed by atoms with Gasteiger partial charge in [0.05, 0.1) is 0 Å². The normalized spacial score (nSPS) is 21.2. The summed E-state index contributed by atoms with van der Waals surface area (Å²) in [6.45, 7) is 1.61. The van der Waals surface area contributed by atoms with E-state index in [1.165, 1.54) is 18.2 Å². The Bertz CT molecular complexity index is 606. The largest absolute Gasteiger partial charge is 0.367 e. The summed E-state index contributed by atoms with van der Waals surface area (Å²) in [7, 11) is 0. The molecule has 0 heterocycles. The van der Waals surface area contributed by atoms with E-state index >= 15 is 0 Å². The molecule has 0 N–H and O–H groups in total. The first-order chi connectivity index (χ1) is 9.91. The van der Waals surface area contributed by atoms with E-state index in [4.69, 9.17) is 4.74 Å². The first-order valence-electron chi connectivity index (χ1n) is 6.24. The monoisotopic (exact) mass is 360 g/mol. The fourth-order valence-corrected chi connectivity index (χ4v) is 2.96. The van der Waals surface area contributed by atoms with Gasteiger partial charge in [0.25, 0.3) is 0 Å². The van der Waals surface area contributed by atoms with Crippen LogP contribution >= 0.6 is 15.9 Å². The molecular weight excluding hydrogens is 349 g/mol. The molecular formula is C15H12BrF3O2. The van der Waals surface area contributed by atoms with Gasteiger partial charge in [-0.3, -0.25) is 4.79 Å².